The summed E-state index contributed by atoms with van der Waals surface area (Å²) in [5, 5.41) is 4.47. The quantitative estimate of drug-likeness (QED) is 0.777. The van der Waals surface area contributed by atoms with Gasteiger partial charge in [0.25, 0.3) is 0 Å². The fraction of sp³-hybridized carbons (Fsp3) is 0.667. The van der Waals surface area contributed by atoms with Gasteiger partial charge in [-0.15, -0.1) is 11.3 Å². The summed E-state index contributed by atoms with van der Waals surface area (Å²) in [6, 6.07) is 0.549. The first-order valence-electron chi connectivity index (χ1n) is 5.75. The Balaban J connectivity index is 2.49. The van der Waals surface area contributed by atoms with Crippen molar-refractivity contribution in [2.75, 3.05) is 6.54 Å². The number of thiazole rings is 1. The van der Waals surface area contributed by atoms with Crippen molar-refractivity contribution < 1.29 is 4.79 Å². The molecule has 0 aliphatic rings. The number of Topliss-reactive ketones (excluding diaryl/α,β-unsaturated/α-hetero) is 1. The summed E-state index contributed by atoms with van der Waals surface area (Å²) in [7, 11) is 0. The monoisotopic (exact) mass is 240 g/mol. The number of aryl methyl sites for hydroxylation is 1. The van der Waals surface area contributed by atoms with Gasteiger partial charge < -0.3 is 5.32 Å². The number of nitrogens with zero attached hydrogens (tertiary/aromatic N) is 1. The summed E-state index contributed by atoms with van der Waals surface area (Å²) in [5.41, 5.74) is 0.871. The predicted octanol–water partition coefficient (Wildman–Crippen LogP) is 2.58. The first-order valence-corrected chi connectivity index (χ1v) is 6.56. The van der Waals surface area contributed by atoms with Gasteiger partial charge in [-0.1, -0.05) is 6.92 Å². The highest BCUT2D eigenvalue weighted by atomic mass is 32.1. The van der Waals surface area contributed by atoms with Crippen LogP contribution in [0.4, 0.5) is 0 Å². The van der Waals surface area contributed by atoms with E-state index in [1.54, 1.807) is 6.92 Å². The summed E-state index contributed by atoms with van der Waals surface area (Å²) in [6.07, 6.45) is 2.04. The van der Waals surface area contributed by atoms with Crippen molar-refractivity contribution >= 4 is 17.1 Å². The van der Waals surface area contributed by atoms with Crippen LogP contribution in [0, 0.1) is 6.92 Å². The SMILES string of the molecule is CCC(C)NCCc1nc(C)c(C(C)=O)s1. The Labute approximate surface area is 101 Å². The Morgan fingerprint density at radius 3 is 2.75 bits per heavy atom. The first kappa shape index (κ1) is 13.3. The van der Waals surface area contributed by atoms with E-state index in [1.165, 1.54) is 11.3 Å². The molecular weight excluding hydrogens is 220 g/mol. The van der Waals surface area contributed by atoms with E-state index in [0.29, 0.717) is 6.04 Å². The molecule has 0 aromatic carbocycles. The van der Waals surface area contributed by atoms with E-state index >= 15 is 0 Å². The van der Waals surface area contributed by atoms with Crippen molar-refractivity contribution in [2.24, 2.45) is 0 Å². The summed E-state index contributed by atoms with van der Waals surface area (Å²) in [4.78, 5) is 16.5. The lowest BCUT2D eigenvalue weighted by Gasteiger charge is -2.09. The zero-order chi connectivity index (χ0) is 12.1. The van der Waals surface area contributed by atoms with E-state index in [1.807, 2.05) is 6.92 Å². The van der Waals surface area contributed by atoms with Gasteiger partial charge in [-0.25, -0.2) is 4.98 Å². The molecule has 1 atom stereocenters. The Bertz CT molecular complexity index is 360. The van der Waals surface area contributed by atoms with Crippen molar-refractivity contribution in [3.63, 3.8) is 0 Å². The Morgan fingerprint density at radius 2 is 2.25 bits per heavy atom. The van der Waals surface area contributed by atoms with E-state index in [0.717, 1.165) is 35.0 Å². The normalized spacial score (nSPS) is 12.8. The van der Waals surface area contributed by atoms with Crippen molar-refractivity contribution in [3.8, 4) is 0 Å². The molecular formula is C12H20N2OS. The lowest BCUT2D eigenvalue weighted by Crippen LogP contribution is -2.27. The van der Waals surface area contributed by atoms with Crippen molar-refractivity contribution in [2.45, 2.75) is 46.6 Å². The lowest BCUT2D eigenvalue weighted by atomic mass is 10.2. The molecule has 1 N–H and O–H groups in total. The molecule has 0 amide bonds. The highest BCUT2D eigenvalue weighted by Crippen LogP contribution is 2.18. The molecule has 1 rings (SSSR count). The van der Waals surface area contributed by atoms with Crippen LogP contribution < -0.4 is 5.32 Å². The lowest BCUT2D eigenvalue weighted by molar-refractivity contribution is 0.102. The largest absolute Gasteiger partial charge is 0.314 e. The number of rotatable bonds is 6. The topological polar surface area (TPSA) is 42.0 Å². The molecule has 1 unspecified atom stereocenters. The maximum Gasteiger partial charge on any atom is 0.171 e. The van der Waals surface area contributed by atoms with Crippen LogP contribution in [0.2, 0.25) is 0 Å². The molecule has 1 heterocycles. The first-order chi connectivity index (χ1) is 7.54. The van der Waals surface area contributed by atoms with Crippen LogP contribution in [0.5, 0.6) is 0 Å². The summed E-state index contributed by atoms with van der Waals surface area (Å²) < 4.78 is 0. The van der Waals surface area contributed by atoms with E-state index in [4.69, 9.17) is 0 Å². The molecule has 1 aromatic rings. The van der Waals surface area contributed by atoms with E-state index in [2.05, 4.69) is 24.1 Å². The smallest absolute Gasteiger partial charge is 0.171 e. The van der Waals surface area contributed by atoms with Gasteiger partial charge in [0.2, 0.25) is 0 Å². The number of nitrogens with one attached hydrogen (secondary N) is 1. The third-order valence-corrected chi connectivity index (χ3v) is 3.92. The molecule has 0 spiro atoms. The second-order valence-electron chi connectivity index (χ2n) is 4.09. The van der Waals surface area contributed by atoms with Gasteiger partial charge in [0.1, 0.15) is 0 Å². The molecule has 0 bridgehead atoms. The molecule has 0 saturated carbocycles. The van der Waals surface area contributed by atoms with Gasteiger partial charge in [-0.3, -0.25) is 4.79 Å². The van der Waals surface area contributed by atoms with Gasteiger partial charge >= 0.3 is 0 Å². The van der Waals surface area contributed by atoms with Crippen LogP contribution in [-0.2, 0) is 6.42 Å². The summed E-state index contributed by atoms with van der Waals surface area (Å²) >= 11 is 1.53. The highest BCUT2D eigenvalue weighted by molar-refractivity contribution is 7.13. The number of hydrogen-bond acceptors (Lipinski definition) is 4. The van der Waals surface area contributed by atoms with Gasteiger partial charge in [0.05, 0.1) is 15.6 Å². The molecule has 0 aliphatic heterocycles. The summed E-state index contributed by atoms with van der Waals surface area (Å²) in [5.74, 6) is 0.121. The van der Waals surface area contributed by atoms with Gasteiger partial charge in [-0.2, -0.15) is 0 Å². The van der Waals surface area contributed by atoms with Gasteiger partial charge in [-0.05, 0) is 20.3 Å². The highest BCUT2D eigenvalue weighted by Gasteiger charge is 2.11. The fourth-order valence-corrected chi connectivity index (χ4v) is 2.42. The Hall–Kier alpha value is -0.740. The third kappa shape index (κ3) is 3.68. The average Bonchev–Trinajstić information content (AvgIpc) is 2.59. The van der Waals surface area contributed by atoms with Crippen LogP contribution in [0.3, 0.4) is 0 Å². The fourth-order valence-electron chi connectivity index (χ4n) is 1.46. The second kappa shape index (κ2) is 6.11. The van der Waals surface area contributed by atoms with Crippen molar-refractivity contribution in [1.82, 2.24) is 10.3 Å². The zero-order valence-corrected chi connectivity index (χ0v) is 11.3. The van der Waals surface area contributed by atoms with Crippen LogP contribution in [0.15, 0.2) is 0 Å². The third-order valence-electron chi connectivity index (χ3n) is 2.60. The molecule has 1 aromatic heterocycles. The minimum absolute atomic E-state index is 0.121. The van der Waals surface area contributed by atoms with Crippen LogP contribution in [0.25, 0.3) is 0 Å². The van der Waals surface area contributed by atoms with Crippen LogP contribution >= 0.6 is 11.3 Å². The van der Waals surface area contributed by atoms with Crippen molar-refractivity contribution in [3.05, 3.63) is 15.6 Å². The second-order valence-corrected chi connectivity index (χ2v) is 5.18. The number of hydrogen-bond donors (Lipinski definition) is 1. The molecule has 0 fully saturated rings. The molecule has 0 saturated heterocycles. The molecule has 0 aliphatic carbocycles. The number of ketones is 1. The van der Waals surface area contributed by atoms with Crippen LogP contribution in [0.1, 0.15) is 47.6 Å². The maximum atomic E-state index is 11.3. The molecule has 16 heavy (non-hydrogen) atoms. The maximum absolute atomic E-state index is 11.3. The van der Waals surface area contributed by atoms with Crippen LogP contribution in [-0.4, -0.2) is 23.4 Å². The van der Waals surface area contributed by atoms with Crippen molar-refractivity contribution in [1.29, 1.82) is 0 Å². The van der Waals surface area contributed by atoms with E-state index < -0.39 is 0 Å². The molecule has 90 valence electrons. The van der Waals surface area contributed by atoms with E-state index in [-0.39, 0.29) is 5.78 Å². The van der Waals surface area contributed by atoms with Gasteiger partial charge in [0.15, 0.2) is 5.78 Å². The molecule has 4 heteroatoms. The number of carbonyl (C=O) groups is 1. The Morgan fingerprint density at radius 1 is 1.56 bits per heavy atom. The van der Waals surface area contributed by atoms with Gasteiger partial charge in [0, 0.05) is 25.9 Å². The standard InChI is InChI=1S/C12H20N2OS/c1-5-8(2)13-7-6-11-14-9(3)12(16-11)10(4)15/h8,13H,5-7H2,1-4H3. The zero-order valence-electron chi connectivity index (χ0n) is 10.5. The van der Waals surface area contributed by atoms with E-state index in [9.17, 15) is 4.79 Å². The Kier molecular flexibility index (Phi) is 5.09. The minimum Gasteiger partial charge on any atom is -0.314 e. The average molecular weight is 240 g/mol. The molecule has 3 nitrogen and oxygen atoms in total. The number of carbonyl (C=O) groups excluding carboxylic acids is 1. The number of aromatic nitrogens is 1. The molecule has 0 radical (unpaired) electrons. The minimum atomic E-state index is 0.121. The predicted molar refractivity (Wildman–Crippen MR) is 68.3 cm³/mol. The summed E-state index contributed by atoms with van der Waals surface area (Å²) in [6.45, 7) is 8.77.